The normalized spacial score (nSPS) is 11.9. The van der Waals surface area contributed by atoms with Crippen molar-refractivity contribution in [3.63, 3.8) is 0 Å². The molecule has 21 heavy (non-hydrogen) atoms. The molecule has 112 valence electrons. The molecule has 0 atom stereocenters. The van der Waals surface area contributed by atoms with E-state index in [2.05, 4.69) is 41.4 Å². The Morgan fingerprint density at radius 3 is 2.86 bits per heavy atom. The van der Waals surface area contributed by atoms with Crippen molar-refractivity contribution >= 4 is 11.6 Å². The third-order valence-electron chi connectivity index (χ3n) is 3.40. The molecule has 2 rings (SSSR count). The predicted octanol–water partition coefficient (Wildman–Crippen LogP) is 2.51. The zero-order valence-electron chi connectivity index (χ0n) is 12.9. The van der Waals surface area contributed by atoms with Gasteiger partial charge < -0.3 is 11.1 Å². The highest BCUT2D eigenvalue weighted by Gasteiger charge is 2.01. The van der Waals surface area contributed by atoms with E-state index in [1.807, 2.05) is 29.9 Å². The molecule has 0 spiro atoms. The van der Waals surface area contributed by atoms with Crippen LogP contribution in [0.2, 0.25) is 0 Å². The number of nitrogens with two attached hydrogens (primary N) is 1. The SMILES string of the molecule is CC(C)c1cccc(NC(N)=NCCc2ccnn2C)c1. The number of guanidine groups is 1. The lowest BCUT2D eigenvalue weighted by Crippen LogP contribution is -2.23. The molecule has 0 unspecified atom stereocenters. The molecule has 1 aromatic heterocycles. The zero-order chi connectivity index (χ0) is 15.2. The zero-order valence-corrected chi connectivity index (χ0v) is 12.9. The molecule has 0 aliphatic heterocycles. The summed E-state index contributed by atoms with van der Waals surface area (Å²) in [7, 11) is 1.93. The van der Waals surface area contributed by atoms with Gasteiger partial charge in [0.2, 0.25) is 0 Å². The van der Waals surface area contributed by atoms with Gasteiger partial charge in [-0.05, 0) is 29.7 Å². The van der Waals surface area contributed by atoms with Crippen molar-refractivity contribution in [1.82, 2.24) is 9.78 Å². The Balaban J connectivity index is 1.91. The van der Waals surface area contributed by atoms with Crippen molar-refractivity contribution in [2.75, 3.05) is 11.9 Å². The molecular weight excluding hydrogens is 262 g/mol. The number of aryl methyl sites for hydroxylation is 1. The minimum atomic E-state index is 0.443. The summed E-state index contributed by atoms with van der Waals surface area (Å²) < 4.78 is 1.85. The molecule has 0 amide bonds. The Morgan fingerprint density at radius 1 is 1.38 bits per heavy atom. The topological polar surface area (TPSA) is 68.2 Å². The highest BCUT2D eigenvalue weighted by atomic mass is 15.3. The fourth-order valence-corrected chi connectivity index (χ4v) is 2.10. The Morgan fingerprint density at radius 2 is 2.19 bits per heavy atom. The number of nitrogens with one attached hydrogen (secondary N) is 1. The molecule has 1 heterocycles. The van der Waals surface area contributed by atoms with Crippen LogP contribution < -0.4 is 11.1 Å². The maximum Gasteiger partial charge on any atom is 0.193 e. The van der Waals surface area contributed by atoms with Gasteiger partial charge in [-0.2, -0.15) is 5.10 Å². The summed E-state index contributed by atoms with van der Waals surface area (Å²) in [6, 6.07) is 10.2. The van der Waals surface area contributed by atoms with Crippen molar-refractivity contribution in [3.8, 4) is 0 Å². The highest BCUT2D eigenvalue weighted by Crippen LogP contribution is 2.18. The lowest BCUT2D eigenvalue weighted by atomic mass is 10.0. The van der Waals surface area contributed by atoms with Crippen LogP contribution in [0.1, 0.15) is 31.0 Å². The van der Waals surface area contributed by atoms with Crippen LogP contribution in [-0.2, 0) is 13.5 Å². The van der Waals surface area contributed by atoms with E-state index in [1.165, 1.54) is 5.56 Å². The summed E-state index contributed by atoms with van der Waals surface area (Å²) in [6.07, 6.45) is 2.61. The molecule has 0 saturated carbocycles. The van der Waals surface area contributed by atoms with Gasteiger partial charge in [0.1, 0.15) is 0 Å². The van der Waals surface area contributed by atoms with E-state index < -0.39 is 0 Å². The fraction of sp³-hybridized carbons (Fsp3) is 0.375. The quantitative estimate of drug-likeness (QED) is 0.655. The molecule has 1 aromatic carbocycles. The van der Waals surface area contributed by atoms with Crippen molar-refractivity contribution in [3.05, 3.63) is 47.8 Å². The Bertz CT molecular complexity index is 613. The predicted molar refractivity (Wildman–Crippen MR) is 87.6 cm³/mol. The van der Waals surface area contributed by atoms with E-state index in [4.69, 9.17) is 5.73 Å². The van der Waals surface area contributed by atoms with Gasteiger partial charge in [-0.1, -0.05) is 26.0 Å². The maximum absolute atomic E-state index is 5.93. The molecule has 0 bridgehead atoms. The Kier molecular flexibility index (Phi) is 4.98. The average molecular weight is 285 g/mol. The van der Waals surface area contributed by atoms with E-state index in [0.29, 0.717) is 18.4 Å². The lowest BCUT2D eigenvalue weighted by molar-refractivity contribution is 0.706. The van der Waals surface area contributed by atoms with E-state index >= 15 is 0 Å². The van der Waals surface area contributed by atoms with Crippen LogP contribution >= 0.6 is 0 Å². The number of aromatic nitrogens is 2. The molecule has 2 aromatic rings. The minimum Gasteiger partial charge on any atom is -0.370 e. The van der Waals surface area contributed by atoms with Gasteiger partial charge in [0.25, 0.3) is 0 Å². The number of hydrogen-bond acceptors (Lipinski definition) is 2. The molecule has 3 N–H and O–H groups in total. The summed E-state index contributed by atoms with van der Waals surface area (Å²) in [6.45, 7) is 4.98. The van der Waals surface area contributed by atoms with Crippen molar-refractivity contribution in [1.29, 1.82) is 0 Å². The second kappa shape index (κ2) is 6.92. The number of anilines is 1. The van der Waals surface area contributed by atoms with Gasteiger partial charge in [-0.15, -0.1) is 0 Å². The first-order chi connectivity index (χ1) is 10.1. The minimum absolute atomic E-state index is 0.443. The monoisotopic (exact) mass is 285 g/mol. The summed E-state index contributed by atoms with van der Waals surface area (Å²) in [4.78, 5) is 4.35. The van der Waals surface area contributed by atoms with Gasteiger partial charge in [0, 0.05) is 37.6 Å². The Hall–Kier alpha value is -2.30. The Labute approximate surface area is 125 Å². The van der Waals surface area contributed by atoms with E-state index in [9.17, 15) is 0 Å². The number of benzene rings is 1. The standard InChI is InChI=1S/C16H23N5/c1-12(2)13-5-4-6-14(11-13)20-16(17)18-9-7-15-8-10-19-21(15)3/h4-6,8,10-12H,7,9H2,1-3H3,(H3,17,18,20). The molecule has 0 fully saturated rings. The van der Waals surface area contributed by atoms with Crippen LogP contribution in [-0.4, -0.2) is 22.3 Å². The average Bonchev–Trinajstić information content (AvgIpc) is 2.85. The fourth-order valence-electron chi connectivity index (χ4n) is 2.10. The number of nitrogens with zero attached hydrogens (tertiary/aromatic N) is 3. The van der Waals surface area contributed by atoms with Crippen LogP contribution in [0.25, 0.3) is 0 Å². The van der Waals surface area contributed by atoms with Crippen molar-refractivity contribution in [2.45, 2.75) is 26.2 Å². The first-order valence-electron chi connectivity index (χ1n) is 7.20. The smallest absolute Gasteiger partial charge is 0.193 e. The van der Waals surface area contributed by atoms with Crippen molar-refractivity contribution < 1.29 is 0 Å². The molecule has 0 radical (unpaired) electrons. The summed E-state index contributed by atoms with van der Waals surface area (Å²) in [5.74, 6) is 0.938. The maximum atomic E-state index is 5.93. The molecule has 5 nitrogen and oxygen atoms in total. The first-order valence-corrected chi connectivity index (χ1v) is 7.20. The first kappa shape index (κ1) is 15.1. The van der Waals surface area contributed by atoms with Gasteiger partial charge in [-0.3, -0.25) is 9.67 Å². The van der Waals surface area contributed by atoms with E-state index in [1.54, 1.807) is 6.20 Å². The van der Waals surface area contributed by atoms with Gasteiger partial charge in [0.15, 0.2) is 5.96 Å². The van der Waals surface area contributed by atoms with Gasteiger partial charge in [0.05, 0.1) is 0 Å². The van der Waals surface area contributed by atoms with Crippen LogP contribution in [0.3, 0.4) is 0 Å². The number of hydrogen-bond donors (Lipinski definition) is 2. The van der Waals surface area contributed by atoms with Crippen LogP contribution in [0.5, 0.6) is 0 Å². The van der Waals surface area contributed by atoms with Gasteiger partial charge in [-0.25, -0.2) is 0 Å². The van der Waals surface area contributed by atoms with E-state index in [0.717, 1.165) is 17.8 Å². The van der Waals surface area contributed by atoms with E-state index in [-0.39, 0.29) is 0 Å². The third kappa shape index (κ3) is 4.34. The van der Waals surface area contributed by atoms with Crippen LogP contribution in [0, 0.1) is 0 Å². The number of rotatable bonds is 5. The van der Waals surface area contributed by atoms with Gasteiger partial charge >= 0.3 is 0 Å². The second-order valence-electron chi connectivity index (χ2n) is 5.37. The second-order valence-corrected chi connectivity index (χ2v) is 5.37. The molecule has 0 aliphatic carbocycles. The van der Waals surface area contributed by atoms with Crippen LogP contribution in [0.15, 0.2) is 41.5 Å². The number of aliphatic imine (C=N–C) groups is 1. The molecule has 0 aliphatic rings. The third-order valence-corrected chi connectivity index (χ3v) is 3.40. The lowest BCUT2D eigenvalue weighted by Gasteiger charge is -2.10. The summed E-state index contributed by atoms with van der Waals surface area (Å²) in [5, 5.41) is 7.27. The summed E-state index contributed by atoms with van der Waals surface area (Å²) >= 11 is 0. The van der Waals surface area contributed by atoms with Crippen LogP contribution in [0.4, 0.5) is 5.69 Å². The largest absolute Gasteiger partial charge is 0.370 e. The van der Waals surface area contributed by atoms with Crippen molar-refractivity contribution in [2.24, 2.45) is 17.8 Å². The molecule has 5 heteroatoms. The highest BCUT2D eigenvalue weighted by molar-refractivity contribution is 5.92. The molecular formula is C16H23N5. The summed E-state index contributed by atoms with van der Waals surface area (Å²) in [5.41, 5.74) is 9.33. The molecule has 0 saturated heterocycles.